The highest BCUT2D eigenvalue weighted by Gasteiger charge is 2.16. The summed E-state index contributed by atoms with van der Waals surface area (Å²) >= 11 is 2.94. The summed E-state index contributed by atoms with van der Waals surface area (Å²) < 4.78 is 0. The molecule has 0 saturated heterocycles. The summed E-state index contributed by atoms with van der Waals surface area (Å²) in [6, 6.07) is 7.24. The van der Waals surface area contributed by atoms with Gasteiger partial charge in [0.25, 0.3) is 0 Å². The second-order valence-corrected chi connectivity index (χ2v) is 7.23. The molecule has 0 radical (unpaired) electrons. The Kier molecular flexibility index (Phi) is 4.86. The molecule has 0 atom stereocenters. The summed E-state index contributed by atoms with van der Waals surface area (Å²) in [4.78, 5) is 31.0. The highest BCUT2D eigenvalue weighted by molar-refractivity contribution is 7.13. The summed E-state index contributed by atoms with van der Waals surface area (Å²) in [5, 5.41) is 8.12. The lowest BCUT2D eigenvalue weighted by molar-refractivity contribution is 0.258. The van der Waals surface area contributed by atoms with Crippen molar-refractivity contribution in [2.24, 2.45) is 0 Å². The lowest BCUT2D eigenvalue weighted by Crippen LogP contribution is -2.31. The van der Waals surface area contributed by atoms with E-state index in [2.05, 4.69) is 25.3 Å². The minimum Gasteiger partial charge on any atom is -0.291 e. The smallest absolute Gasteiger partial charge is 0.291 e. The maximum absolute atomic E-state index is 12.5. The van der Waals surface area contributed by atoms with E-state index in [1.807, 2.05) is 35.0 Å². The van der Waals surface area contributed by atoms with Gasteiger partial charge in [0.2, 0.25) is 0 Å². The van der Waals surface area contributed by atoms with Crippen molar-refractivity contribution < 1.29 is 4.79 Å². The summed E-state index contributed by atoms with van der Waals surface area (Å²) in [7, 11) is 1.68. The van der Waals surface area contributed by atoms with E-state index in [9.17, 15) is 4.79 Å². The predicted octanol–water partition coefficient (Wildman–Crippen LogP) is 4.39. The van der Waals surface area contributed by atoms with E-state index in [1.54, 1.807) is 31.8 Å². The molecule has 0 spiro atoms. The van der Waals surface area contributed by atoms with Gasteiger partial charge in [0, 0.05) is 53.7 Å². The van der Waals surface area contributed by atoms with E-state index >= 15 is 0 Å². The predicted molar refractivity (Wildman–Crippen MR) is 108 cm³/mol. The van der Waals surface area contributed by atoms with Crippen molar-refractivity contribution in [3.05, 3.63) is 59.8 Å². The molecule has 0 aliphatic carbocycles. The summed E-state index contributed by atoms with van der Waals surface area (Å²) in [6.45, 7) is 0. The first-order chi connectivity index (χ1) is 13.2. The highest BCUT2D eigenvalue weighted by Crippen LogP contribution is 2.28. The van der Waals surface area contributed by atoms with Crippen LogP contribution in [0.1, 0.15) is 0 Å². The van der Waals surface area contributed by atoms with Gasteiger partial charge in [0.15, 0.2) is 0 Å². The normalized spacial score (nSPS) is 10.6. The Morgan fingerprint density at radius 1 is 0.889 bits per heavy atom. The van der Waals surface area contributed by atoms with Crippen molar-refractivity contribution in [1.29, 1.82) is 0 Å². The average molecular weight is 394 g/mol. The fourth-order valence-electron chi connectivity index (χ4n) is 2.30. The van der Waals surface area contributed by atoms with Crippen molar-refractivity contribution in [3.63, 3.8) is 0 Å². The number of rotatable bonds is 4. The Morgan fingerprint density at radius 2 is 1.44 bits per heavy atom. The van der Waals surface area contributed by atoms with Crippen LogP contribution in [-0.4, -0.2) is 33.0 Å². The van der Waals surface area contributed by atoms with Crippen LogP contribution in [0.25, 0.3) is 21.1 Å². The molecule has 0 unspecified atom stereocenters. The summed E-state index contributed by atoms with van der Waals surface area (Å²) in [5.74, 6) is 1.09. The van der Waals surface area contributed by atoms with Crippen molar-refractivity contribution >= 4 is 40.3 Å². The quantitative estimate of drug-likeness (QED) is 0.555. The molecule has 0 aromatic carbocycles. The van der Waals surface area contributed by atoms with E-state index in [0.717, 1.165) is 21.1 Å². The number of amides is 2. The Bertz CT molecular complexity index is 1050. The van der Waals surface area contributed by atoms with Gasteiger partial charge in [0.1, 0.15) is 21.7 Å². The zero-order valence-electron chi connectivity index (χ0n) is 14.2. The molecule has 7 nitrogen and oxygen atoms in total. The molecule has 4 aromatic heterocycles. The number of urea groups is 1. The third-order valence-electron chi connectivity index (χ3n) is 3.73. The lowest BCUT2D eigenvalue weighted by atomic mass is 10.3. The molecule has 0 aliphatic heterocycles. The minimum absolute atomic E-state index is 0.298. The van der Waals surface area contributed by atoms with Crippen molar-refractivity contribution in [1.82, 2.24) is 19.9 Å². The van der Waals surface area contributed by atoms with Gasteiger partial charge in [0.05, 0.1) is 0 Å². The van der Waals surface area contributed by atoms with Crippen molar-refractivity contribution in [3.8, 4) is 21.1 Å². The number of aromatic nitrogens is 4. The fraction of sp³-hybridized carbons (Fsp3) is 0.0556. The maximum atomic E-state index is 12.5. The molecule has 1 N–H and O–H groups in total. The van der Waals surface area contributed by atoms with Crippen LogP contribution in [0.3, 0.4) is 0 Å². The van der Waals surface area contributed by atoms with Crippen LogP contribution < -0.4 is 10.2 Å². The van der Waals surface area contributed by atoms with E-state index < -0.39 is 0 Å². The van der Waals surface area contributed by atoms with Crippen LogP contribution in [-0.2, 0) is 0 Å². The zero-order valence-corrected chi connectivity index (χ0v) is 15.9. The molecule has 134 valence electrons. The topological polar surface area (TPSA) is 83.9 Å². The second-order valence-electron chi connectivity index (χ2n) is 5.51. The second kappa shape index (κ2) is 7.60. The Labute approximate surface area is 163 Å². The molecule has 27 heavy (non-hydrogen) atoms. The number of pyridine rings is 2. The Hall–Kier alpha value is -3.17. The monoisotopic (exact) mass is 394 g/mol. The molecule has 0 saturated carbocycles. The van der Waals surface area contributed by atoms with Gasteiger partial charge in [-0.15, -0.1) is 22.7 Å². The molecule has 4 rings (SSSR count). The van der Waals surface area contributed by atoms with Gasteiger partial charge in [-0.2, -0.15) is 0 Å². The standard InChI is InChI=1S/C18H14N6OS2/c1-24(15-11-27-17(23-15)13-4-8-20-9-5-13)18(25)22-14-10-26-16(21-14)12-2-6-19-7-3-12/h2-11H,1H3,(H,22,25). The van der Waals surface area contributed by atoms with Gasteiger partial charge in [-0.25, -0.2) is 14.8 Å². The van der Waals surface area contributed by atoms with Crippen molar-refractivity contribution in [2.45, 2.75) is 0 Å². The number of hydrogen-bond acceptors (Lipinski definition) is 7. The van der Waals surface area contributed by atoms with Crippen LogP contribution in [0, 0.1) is 0 Å². The molecule has 0 fully saturated rings. The molecule has 2 amide bonds. The summed E-state index contributed by atoms with van der Waals surface area (Å²) in [6.07, 6.45) is 6.86. The number of hydrogen-bond donors (Lipinski definition) is 1. The first kappa shape index (κ1) is 17.3. The minimum atomic E-state index is -0.298. The number of nitrogens with one attached hydrogen (secondary N) is 1. The van der Waals surface area contributed by atoms with E-state index in [0.29, 0.717) is 11.6 Å². The number of carbonyl (C=O) groups excluding carboxylic acids is 1. The van der Waals surface area contributed by atoms with Gasteiger partial charge < -0.3 is 0 Å². The molecule has 4 aromatic rings. The van der Waals surface area contributed by atoms with Crippen LogP contribution in [0.4, 0.5) is 16.4 Å². The van der Waals surface area contributed by atoms with Gasteiger partial charge in [-0.3, -0.25) is 20.2 Å². The van der Waals surface area contributed by atoms with Gasteiger partial charge >= 0.3 is 6.03 Å². The van der Waals surface area contributed by atoms with E-state index in [-0.39, 0.29) is 6.03 Å². The molecule has 0 aliphatic rings. The maximum Gasteiger partial charge on any atom is 0.328 e. The molecular weight excluding hydrogens is 380 g/mol. The third-order valence-corrected chi connectivity index (χ3v) is 5.50. The Balaban J connectivity index is 1.46. The first-order valence-corrected chi connectivity index (χ1v) is 9.73. The fourth-order valence-corrected chi connectivity index (χ4v) is 3.91. The van der Waals surface area contributed by atoms with Crippen LogP contribution in [0.15, 0.2) is 59.8 Å². The average Bonchev–Trinajstić information content (AvgIpc) is 3.39. The number of nitrogens with zero attached hydrogens (tertiary/aromatic N) is 5. The number of thiazole rings is 2. The third kappa shape index (κ3) is 3.83. The SMILES string of the molecule is CN(C(=O)Nc1csc(-c2ccncc2)n1)c1csc(-c2ccncc2)n1. The lowest BCUT2D eigenvalue weighted by Gasteiger charge is -2.14. The number of anilines is 2. The highest BCUT2D eigenvalue weighted by atomic mass is 32.1. The molecule has 4 heterocycles. The van der Waals surface area contributed by atoms with E-state index in [4.69, 9.17) is 0 Å². The van der Waals surface area contributed by atoms with Crippen LogP contribution in [0.5, 0.6) is 0 Å². The zero-order chi connectivity index (χ0) is 18.6. The largest absolute Gasteiger partial charge is 0.328 e. The molecule has 9 heteroatoms. The van der Waals surface area contributed by atoms with E-state index in [1.165, 1.54) is 27.6 Å². The summed E-state index contributed by atoms with van der Waals surface area (Å²) in [5.41, 5.74) is 1.93. The van der Waals surface area contributed by atoms with Crippen molar-refractivity contribution in [2.75, 3.05) is 17.3 Å². The van der Waals surface area contributed by atoms with Crippen LogP contribution in [0.2, 0.25) is 0 Å². The number of carbonyl (C=O) groups is 1. The first-order valence-electron chi connectivity index (χ1n) is 7.97. The Morgan fingerprint density at radius 3 is 2.07 bits per heavy atom. The molecule has 0 bridgehead atoms. The van der Waals surface area contributed by atoms with Gasteiger partial charge in [-0.1, -0.05) is 0 Å². The van der Waals surface area contributed by atoms with Crippen LogP contribution >= 0.6 is 22.7 Å². The molecular formula is C18H14N6OS2. The van der Waals surface area contributed by atoms with Gasteiger partial charge in [-0.05, 0) is 24.3 Å².